The maximum atomic E-state index is 12.5. The van der Waals surface area contributed by atoms with E-state index in [1.165, 1.54) is 25.7 Å². The van der Waals surface area contributed by atoms with Gasteiger partial charge in [0, 0.05) is 25.5 Å². The quantitative estimate of drug-likeness (QED) is 0.668. The van der Waals surface area contributed by atoms with Crippen molar-refractivity contribution in [3.8, 4) is 0 Å². The molecule has 1 saturated heterocycles. The van der Waals surface area contributed by atoms with Crippen molar-refractivity contribution in [1.29, 1.82) is 0 Å². The van der Waals surface area contributed by atoms with E-state index in [2.05, 4.69) is 20.2 Å². The third kappa shape index (κ3) is 3.06. The third-order valence-corrected chi connectivity index (χ3v) is 5.45. The Morgan fingerprint density at radius 1 is 1.45 bits per heavy atom. The van der Waals surface area contributed by atoms with Gasteiger partial charge in [0.25, 0.3) is 0 Å². The Balaban J connectivity index is 1.57. The molecule has 0 aromatic carbocycles. The SMILES string of the molecule is CN=C(NCc1nc(C(F)(F)F)cs1)N1CCC2(CCC2)C1. The molecule has 0 amide bonds. The van der Waals surface area contributed by atoms with E-state index in [9.17, 15) is 13.2 Å². The van der Waals surface area contributed by atoms with Crippen molar-refractivity contribution in [3.63, 3.8) is 0 Å². The van der Waals surface area contributed by atoms with Gasteiger partial charge in [-0.3, -0.25) is 4.99 Å². The number of nitrogens with zero attached hydrogens (tertiary/aromatic N) is 3. The molecule has 1 saturated carbocycles. The third-order valence-electron chi connectivity index (χ3n) is 4.60. The van der Waals surface area contributed by atoms with Gasteiger partial charge < -0.3 is 10.2 Å². The number of aliphatic imine (C=N–C) groups is 1. The van der Waals surface area contributed by atoms with Crippen LogP contribution in [0.5, 0.6) is 0 Å². The molecule has 0 bridgehead atoms. The first-order valence-corrected chi connectivity index (χ1v) is 8.27. The Bertz CT molecular complexity index is 563. The molecule has 8 heteroatoms. The highest BCUT2D eigenvalue weighted by atomic mass is 32.1. The van der Waals surface area contributed by atoms with Gasteiger partial charge in [0.2, 0.25) is 0 Å². The first-order chi connectivity index (χ1) is 10.4. The molecule has 1 aromatic heterocycles. The first kappa shape index (κ1) is 15.6. The number of likely N-dealkylation sites (tertiary alicyclic amines) is 1. The number of guanidine groups is 1. The van der Waals surface area contributed by atoms with Crippen LogP contribution in [0.2, 0.25) is 0 Å². The predicted molar refractivity (Wildman–Crippen MR) is 79.8 cm³/mol. The molecule has 0 unspecified atom stereocenters. The molecule has 2 aliphatic rings. The zero-order chi connectivity index (χ0) is 15.8. The molecule has 22 heavy (non-hydrogen) atoms. The number of hydrogen-bond acceptors (Lipinski definition) is 3. The fourth-order valence-electron chi connectivity index (χ4n) is 3.21. The molecule has 1 spiro atoms. The summed E-state index contributed by atoms with van der Waals surface area (Å²) in [6.07, 6.45) is 0.675. The first-order valence-electron chi connectivity index (χ1n) is 7.39. The predicted octanol–water partition coefficient (Wildman–Crippen LogP) is 3.11. The van der Waals surface area contributed by atoms with Gasteiger partial charge in [-0.25, -0.2) is 4.98 Å². The summed E-state index contributed by atoms with van der Waals surface area (Å²) in [5, 5.41) is 4.61. The Kier molecular flexibility index (Phi) is 4.05. The lowest BCUT2D eigenvalue weighted by atomic mass is 9.68. The van der Waals surface area contributed by atoms with E-state index in [4.69, 9.17) is 0 Å². The molecule has 122 valence electrons. The zero-order valence-corrected chi connectivity index (χ0v) is 13.2. The van der Waals surface area contributed by atoms with E-state index >= 15 is 0 Å². The Morgan fingerprint density at radius 3 is 2.73 bits per heavy atom. The Morgan fingerprint density at radius 2 is 2.23 bits per heavy atom. The van der Waals surface area contributed by atoms with Gasteiger partial charge in [0.15, 0.2) is 11.7 Å². The topological polar surface area (TPSA) is 40.5 Å². The molecular weight excluding hydrogens is 313 g/mol. The number of thiazole rings is 1. The van der Waals surface area contributed by atoms with Crippen molar-refractivity contribution in [2.45, 2.75) is 38.4 Å². The average Bonchev–Trinajstić information content (AvgIpc) is 3.04. The van der Waals surface area contributed by atoms with Crippen LogP contribution in [0.3, 0.4) is 0 Å². The van der Waals surface area contributed by atoms with E-state index in [0.29, 0.717) is 10.4 Å². The summed E-state index contributed by atoms with van der Waals surface area (Å²) in [5.74, 6) is 0.757. The largest absolute Gasteiger partial charge is 0.434 e. The lowest BCUT2D eigenvalue weighted by molar-refractivity contribution is -0.140. The van der Waals surface area contributed by atoms with E-state index in [-0.39, 0.29) is 6.54 Å². The monoisotopic (exact) mass is 332 g/mol. The van der Waals surface area contributed by atoms with Crippen molar-refractivity contribution < 1.29 is 13.2 Å². The Hall–Kier alpha value is -1.31. The summed E-state index contributed by atoms with van der Waals surface area (Å²) in [6, 6.07) is 0. The number of halogens is 3. The van der Waals surface area contributed by atoms with E-state index < -0.39 is 11.9 Å². The highest BCUT2D eigenvalue weighted by molar-refractivity contribution is 7.09. The maximum Gasteiger partial charge on any atom is 0.434 e. The lowest BCUT2D eigenvalue weighted by Gasteiger charge is -2.38. The molecule has 2 heterocycles. The van der Waals surface area contributed by atoms with Gasteiger partial charge >= 0.3 is 6.18 Å². The van der Waals surface area contributed by atoms with Crippen LogP contribution in [0.4, 0.5) is 13.2 Å². The number of nitrogens with one attached hydrogen (secondary N) is 1. The van der Waals surface area contributed by atoms with Crippen molar-refractivity contribution in [2.24, 2.45) is 10.4 Å². The van der Waals surface area contributed by atoms with Crippen LogP contribution in [-0.2, 0) is 12.7 Å². The molecule has 2 fully saturated rings. The van der Waals surface area contributed by atoms with Crippen LogP contribution in [0.15, 0.2) is 10.4 Å². The van der Waals surface area contributed by atoms with E-state index in [1.807, 2.05) is 0 Å². The molecular formula is C14H19F3N4S. The number of aromatic nitrogens is 1. The van der Waals surface area contributed by atoms with Gasteiger partial charge in [-0.1, -0.05) is 6.42 Å². The summed E-state index contributed by atoms with van der Waals surface area (Å²) < 4.78 is 37.6. The number of alkyl halides is 3. The van der Waals surface area contributed by atoms with Crippen molar-refractivity contribution in [2.75, 3.05) is 20.1 Å². The highest BCUT2D eigenvalue weighted by Gasteiger charge is 2.43. The second-order valence-electron chi connectivity index (χ2n) is 6.05. The summed E-state index contributed by atoms with van der Waals surface area (Å²) in [6.45, 7) is 2.24. The minimum atomic E-state index is -4.37. The summed E-state index contributed by atoms with van der Waals surface area (Å²) in [7, 11) is 1.71. The van der Waals surface area contributed by atoms with Crippen LogP contribution in [-0.4, -0.2) is 36.0 Å². The molecule has 1 aliphatic carbocycles. The minimum Gasteiger partial charge on any atom is -0.350 e. The summed E-state index contributed by atoms with van der Waals surface area (Å²) in [4.78, 5) is 10.1. The molecule has 1 aromatic rings. The molecule has 4 nitrogen and oxygen atoms in total. The van der Waals surface area contributed by atoms with Gasteiger partial charge in [-0.2, -0.15) is 13.2 Å². The fourth-order valence-corrected chi connectivity index (χ4v) is 3.95. The normalized spacial score (nSPS) is 21.3. The smallest absolute Gasteiger partial charge is 0.350 e. The molecule has 0 atom stereocenters. The number of hydrogen-bond donors (Lipinski definition) is 1. The van der Waals surface area contributed by atoms with Crippen LogP contribution < -0.4 is 5.32 Å². The van der Waals surface area contributed by atoms with Crippen LogP contribution in [0.1, 0.15) is 36.4 Å². The highest BCUT2D eigenvalue weighted by Crippen LogP contribution is 2.47. The molecule has 3 rings (SSSR count). The molecule has 0 radical (unpaired) electrons. The lowest BCUT2D eigenvalue weighted by Crippen LogP contribution is -2.42. The van der Waals surface area contributed by atoms with Crippen molar-refractivity contribution in [3.05, 3.63) is 16.1 Å². The van der Waals surface area contributed by atoms with Crippen LogP contribution in [0.25, 0.3) is 0 Å². The van der Waals surface area contributed by atoms with E-state index in [0.717, 1.165) is 35.8 Å². The van der Waals surface area contributed by atoms with Crippen molar-refractivity contribution >= 4 is 17.3 Å². The molecule has 1 aliphatic heterocycles. The zero-order valence-electron chi connectivity index (χ0n) is 12.4. The number of rotatable bonds is 2. The maximum absolute atomic E-state index is 12.5. The molecule has 1 N–H and O–H groups in total. The van der Waals surface area contributed by atoms with Crippen molar-refractivity contribution in [1.82, 2.24) is 15.2 Å². The fraction of sp³-hybridized carbons (Fsp3) is 0.714. The average molecular weight is 332 g/mol. The Labute approximate surface area is 131 Å². The summed E-state index contributed by atoms with van der Waals surface area (Å²) in [5.41, 5.74) is -0.360. The van der Waals surface area contributed by atoms with Gasteiger partial charge in [0.1, 0.15) is 5.01 Å². The standard InChI is InChI=1S/C14H19F3N4S/c1-18-12(21-6-5-13(9-21)3-2-4-13)19-7-11-20-10(8-22-11)14(15,16)17/h8H,2-7,9H2,1H3,(H,18,19). The van der Waals surface area contributed by atoms with Crippen LogP contribution >= 0.6 is 11.3 Å². The van der Waals surface area contributed by atoms with Gasteiger partial charge in [-0.05, 0) is 24.7 Å². The van der Waals surface area contributed by atoms with E-state index in [1.54, 1.807) is 7.05 Å². The van der Waals surface area contributed by atoms with Gasteiger partial charge in [0.05, 0.1) is 6.54 Å². The minimum absolute atomic E-state index is 0.275. The summed E-state index contributed by atoms with van der Waals surface area (Å²) >= 11 is 1.02. The second kappa shape index (κ2) is 5.72. The van der Waals surface area contributed by atoms with Gasteiger partial charge in [-0.15, -0.1) is 11.3 Å². The van der Waals surface area contributed by atoms with Crippen LogP contribution in [0, 0.1) is 5.41 Å². The second-order valence-corrected chi connectivity index (χ2v) is 6.99.